The van der Waals surface area contributed by atoms with Crippen molar-refractivity contribution in [2.75, 3.05) is 72.1 Å². The number of rotatable bonds is 8. The Morgan fingerprint density at radius 3 is 2.17 bits per heavy atom. The van der Waals surface area contributed by atoms with Gasteiger partial charge in [0.25, 0.3) is 5.91 Å². The number of hydrogen-bond donors (Lipinski definition) is 0. The number of carbonyl (C=O) groups excluding carboxylic acids is 2. The zero-order valence-electron chi connectivity index (χ0n) is 18.5. The monoisotopic (exact) mass is 416 g/mol. The zero-order chi connectivity index (χ0) is 21.3. The van der Waals surface area contributed by atoms with E-state index >= 15 is 0 Å². The van der Waals surface area contributed by atoms with Crippen LogP contribution in [0.2, 0.25) is 0 Å². The highest BCUT2D eigenvalue weighted by molar-refractivity contribution is 5.97. The minimum Gasteiger partial charge on any atom is -0.493 e. The van der Waals surface area contributed by atoms with E-state index in [1.807, 2.05) is 34.1 Å². The molecule has 0 aromatic heterocycles. The number of likely N-dealkylation sites (N-methyl/N-ethyl adjacent to an activating group) is 1. The van der Waals surface area contributed by atoms with Gasteiger partial charge in [0, 0.05) is 52.4 Å². The van der Waals surface area contributed by atoms with Crippen LogP contribution in [0.4, 0.5) is 0 Å². The lowest BCUT2D eigenvalue weighted by atomic mass is 10.1. The van der Waals surface area contributed by atoms with Crippen LogP contribution in [0.1, 0.15) is 37.0 Å². The van der Waals surface area contributed by atoms with Crippen molar-refractivity contribution in [3.8, 4) is 5.75 Å². The maximum Gasteiger partial charge on any atom is 0.257 e. The van der Waals surface area contributed by atoms with Gasteiger partial charge in [0.2, 0.25) is 5.91 Å². The summed E-state index contributed by atoms with van der Waals surface area (Å²) in [6.07, 6.45) is 2.04. The Morgan fingerprint density at radius 2 is 1.50 bits per heavy atom. The lowest BCUT2D eigenvalue weighted by Gasteiger charge is -2.37. The van der Waals surface area contributed by atoms with Gasteiger partial charge in [0.15, 0.2) is 0 Å². The van der Waals surface area contributed by atoms with Crippen molar-refractivity contribution >= 4 is 11.8 Å². The maximum atomic E-state index is 13.0. The maximum absolute atomic E-state index is 13.0. The number of amides is 2. The first kappa shape index (κ1) is 22.6. The highest BCUT2D eigenvalue weighted by Gasteiger charge is 2.27. The molecule has 7 nitrogen and oxygen atoms in total. The molecule has 0 spiro atoms. The van der Waals surface area contributed by atoms with Gasteiger partial charge in [-0.25, -0.2) is 0 Å². The lowest BCUT2D eigenvalue weighted by molar-refractivity contribution is -0.134. The van der Waals surface area contributed by atoms with Gasteiger partial charge >= 0.3 is 0 Å². The number of ether oxygens (including phenoxy) is 1. The molecule has 0 saturated carbocycles. The van der Waals surface area contributed by atoms with E-state index in [0.717, 1.165) is 58.7 Å². The van der Waals surface area contributed by atoms with Crippen LogP contribution in [-0.2, 0) is 4.79 Å². The predicted octanol–water partition coefficient (Wildman–Crippen LogP) is 1.79. The molecule has 2 aliphatic heterocycles. The van der Waals surface area contributed by atoms with E-state index in [0.29, 0.717) is 37.6 Å². The molecule has 1 aromatic carbocycles. The van der Waals surface area contributed by atoms with E-state index in [9.17, 15) is 9.59 Å². The number of hydrogen-bond acceptors (Lipinski definition) is 5. The molecule has 2 amide bonds. The van der Waals surface area contributed by atoms with Gasteiger partial charge < -0.3 is 19.4 Å². The van der Waals surface area contributed by atoms with Crippen LogP contribution in [0, 0.1) is 0 Å². The van der Waals surface area contributed by atoms with Gasteiger partial charge in [0.1, 0.15) is 5.75 Å². The van der Waals surface area contributed by atoms with E-state index in [4.69, 9.17) is 4.74 Å². The topological polar surface area (TPSA) is 56.3 Å². The van der Waals surface area contributed by atoms with Gasteiger partial charge in [0.05, 0.1) is 18.7 Å². The fourth-order valence-corrected chi connectivity index (χ4v) is 3.98. The third-order valence-corrected chi connectivity index (χ3v) is 6.06. The van der Waals surface area contributed by atoms with Crippen molar-refractivity contribution in [3.63, 3.8) is 0 Å². The normalized spacial score (nSPS) is 18.5. The Hall–Kier alpha value is -2.12. The number of piperazine rings is 2. The SMILES string of the molecule is CCCCOc1ccccc1C(=O)N1CCN(CC(=O)N2CCN(CC)CC2)CC1. The van der Waals surface area contributed by atoms with E-state index in [1.165, 1.54) is 0 Å². The van der Waals surface area contributed by atoms with Crippen molar-refractivity contribution < 1.29 is 14.3 Å². The summed E-state index contributed by atoms with van der Waals surface area (Å²) in [5, 5.41) is 0. The van der Waals surface area contributed by atoms with Crippen LogP contribution in [-0.4, -0.2) is 103 Å². The number of para-hydroxylation sites is 1. The fourth-order valence-electron chi connectivity index (χ4n) is 3.98. The van der Waals surface area contributed by atoms with Crippen molar-refractivity contribution in [3.05, 3.63) is 29.8 Å². The van der Waals surface area contributed by atoms with Crippen molar-refractivity contribution in [1.82, 2.24) is 19.6 Å². The molecule has 0 radical (unpaired) electrons. The summed E-state index contributed by atoms with van der Waals surface area (Å²) in [6.45, 7) is 12.7. The second-order valence-electron chi connectivity index (χ2n) is 8.08. The Kier molecular flexibility index (Phi) is 8.51. The van der Waals surface area contributed by atoms with Crippen molar-refractivity contribution in [2.24, 2.45) is 0 Å². The van der Waals surface area contributed by atoms with Crippen LogP contribution in [0.3, 0.4) is 0 Å². The molecule has 0 bridgehead atoms. The molecule has 2 saturated heterocycles. The average molecular weight is 417 g/mol. The molecule has 166 valence electrons. The molecule has 2 aliphatic rings. The first-order chi connectivity index (χ1) is 14.6. The third kappa shape index (κ3) is 5.95. The second-order valence-corrected chi connectivity index (χ2v) is 8.08. The van der Waals surface area contributed by atoms with Crippen molar-refractivity contribution in [2.45, 2.75) is 26.7 Å². The largest absolute Gasteiger partial charge is 0.493 e. The van der Waals surface area contributed by atoms with E-state index in [1.54, 1.807) is 0 Å². The molecular formula is C23H36N4O3. The molecule has 3 rings (SSSR count). The standard InChI is InChI=1S/C23H36N4O3/c1-3-5-18-30-21-9-7-6-8-20(21)23(29)27-16-12-25(13-17-27)19-22(28)26-14-10-24(4-2)11-15-26/h6-9H,3-5,10-19H2,1-2H3. The minimum atomic E-state index is 0.0174. The van der Waals surface area contributed by atoms with Crippen molar-refractivity contribution in [1.29, 1.82) is 0 Å². The van der Waals surface area contributed by atoms with E-state index in [-0.39, 0.29) is 11.8 Å². The molecule has 30 heavy (non-hydrogen) atoms. The third-order valence-electron chi connectivity index (χ3n) is 6.06. The van der Waals surface area contributed by atoms with E-state index < -0.39 is 0 Å². The first-order valence-corrected chi connectivity index (χ1v) is 11.4. The number of carbonyl (C=O) groups is 2. The molecule has 0 aliphatic carbocycles. The molecule has 1 aromatic rings. The molecule has 2 heterocycles. The number of benzene rings is 1. The highest BCUT2D eigenvalue weighted by Crippen LogP contribution is 2.21. The zero-order valence-corrected chi connectivity index (χ0v) is 18.5. The van der Waals surface area contributed by atoms with Crippen LogP contribution in [0.25, 0.3) is 0 Å². The number of unbranched alkanes of at least 4 members (excludes halogenated alkanes) is 1. The van der Waals surface area contributed by atoms with Crippen LogP contribution < -0.4 is 4.74 Å². The van der Waals surface area contributed by atoms with Gasteiger partial charge in [-0.2, -0.15) is 0 Å². The molecular weight excluding hydrogens is 380 g/mol. The van der Waals surface area contributed by atoms with Gasteiger partial charge in [-0.1, -0.05) is 32.4 Å². The van der Waals surface area contributed by atoms with Gasteiger partial charge in [-0.15, -0.1) is 0 Å². The summed E-state index contributed by atoms with van der Waals surface area (Å²) in [6, 6.07) is 7.50. The highest BCUT2D eigenvalue weighted by atomic mass is 16.5. The smallest absolute Gasteiger partial charge is 0.257 e. The Morgan fingerprint density at radius 1 is 0.867 bits per heavy atom. The van der Waals surface area contributed by atoms with E-state index in [2.05, 4.69) is 23.6 Å². The molecule has 0 unspecified atom stereocenters. The number of nitrogens with zero attached hydrogens (tertiary/aromatic N) is 4. The predicted molar refractivity (Wildman–Crippen MR) is 118 cm³/mol. The summed E-state index contributed by atoms with van der Waals surface area (Å²) >= 11 is 0. The second kappa shape index (κ2) is 11.3. The molecule has 0 N–H and O–H groups in total. The fraction of sp³-hybridized carbons (Fsp3) is 0.652. The summed E-state index contributed by atoms with van der Waals surface area (Å²) in [5.41, 5.74) is 0.631. The Bertz CT molecular complexity index is 695. The lowest BCUT2D eigenvalue weighted by Crippen LogP contribution is -2.54. The van der Waals surface area contributed by atoms with Crippen LogP contribution in [0.5, 0.6) is 5.75 Å². The van der Waals surface area contributed by atoms with Gasteiger partial charge in [-0.3, -0.25) is 14.5 Å². The molecule has 7 heteroatoms. The molecule has 0 atom stereocenters. The Labute approximate surface area is 180 Å². The van der Waals surface area contributed by atoms with Crippen LogP contribution >= 0.6 is 0 Å². The molecule has 2 fully saturated rings. The quantitative estimate of drug-likeness (QED) is 0.605. The van der Waals surface area contributed by atoms with Gasteiger partial charge in [-0.05, 0) is 25.1 Å². The minimum absolute atomic E-state index is 0.0174. The first-order valence-electron chi connectivity index (χ1n) is 11.4. The van der Waals surface area contributed by atoms with Crippen LogP contribution in [0.15, 0.2) is 24.3 Å². The summed E-state index contributed by atoms with van der Waals surface area (Å²) in [5.74, 6) is 0.892. The average Bonchev–Trinajstić information content (AvgIpc) is 2.79. The summed E-state index contributed by atoms with van der Waals surface area (Å²) < 4.78 is 5.83. The Balaban J connectivity index is 1.47. The summed E-state index contributed by atoms with van der Waals surface area (Å²) in [7, 11) is 0. The summed E-state index contributed by atoms with van der Waals surface area (Å²) in [4.78, 5) is 34.1.